The van der Waals surface area contributed by atoms with Crippen molar-refractivity contribution in [2.24, 2.45) is 5.92 Å². The van der Waals surface area contributed by atoms with Crippen LogP contribution in [0, 0.1) is 5.92 Å². The number of carbonyl (C=O) groups excluding carboxylic acids is 1. The molecule has 1 saturated heterocycles. The number of carbonyl (C=O) groups is 1. The summed E-state index contributed by atoms with van der Waals surface area (Å²) in [7, 11) is 1.66. The lowest BCUT2D eigenvalue weighted by atomic mass is 9.87. The molecule has 0 N–H and O–H groups in total. The molecule has 3 rings (SSSR count). The van der Waals surface area contributed by atoms with E-state index in [2.05, 4.69) is 43.0 Å². The van der Waals surface area contributed by atoms with Gasteiger partial charge in [-0.05, 0) is 29.2 Å². The van der Waals surface area contributed by atoms with Gasteiger partial charge in [0.15, 0.2) is 0 Å². The van der Waals surface area contributed by atoms with Gasteiger partial charge in [-0.15, -0.1) is 0 Å². The Hall–Kier alpha value is -2.33. The summed E-state index contributed by atoms with van der Waals surface area (Å²) in [5.41, 5.74) is 2.40. The van der Waals surface area contributed by atoms with Crippen LogP contribution in [0.1, 0.15) is 30.9 Å². The van der Waals surface area contributed by atoms with Crippen LogP contribution in [0.3, 0.4) is 0 Å². The molecular formula is C23H30N2O2. The molecule has 1 fully saturated rings. The Morgan fingerprint density at radius 3 is 2.15 bits per heavy atom. The molecule has 0 aromatic heterocycles. The number of nitrogens with zero attached hydrogens (tertiary/aromatic N) is 2. The first-order valence-corrected chi connectivity index (χ1v) is 9.77. The lowest BCUT2D eigenvalue weighted by Crippen LogP contribution is -2.50. The Morgan fingerprint density at radius 1 is 0.963 bits per heavy atom. The Balaban J connectivity index is 1.62. The van der Waals surface area contributed by atoms with E-state index in [4.69, 9.17) is 4.74 Å². The van der Waals surface area contributed by atoms with Gasteiger partial charge in [-0.2, -0.15) is 0 Å². The van der Waals surface area contributed by atoms with Crippen molar-refractivity contribution >= 4 is 5.91 Å². The molecule has 1 aliphatic heterocycles. The highest BCUT2D eigenvalue weighted by molar-refractivity contribution is 5.84. The quantitative estimate of drug-likeness (QED) is 0.780. The normalized spacial score (nSPS) is 16.4. The topological polar surface area (TPSA) is 32.8 Å². The maximum Gasteiger partial charge on any atom is 0.230 e. The van der Waals surface area contributed by atoms with Gasteiger partial charge in [0, 0.05) is 32.7 Å². The SMILES string of the molecule is COc1ccc(C(C(=O)N2CCN(Cc3ccccc3)CC2)C(C)C)cc1. The summed E-state index contributed by atoms with van der Waals surface area (Å²) in [4.78, 5) is 17.7. The van der Waals surface area contributed by atoms with E-state index in [0.717, 1.165) is 44.0 Å². The van der Waals surface area contributed by atoms with E-state index in [0.29, 0.717) is 0 Å². The highest BCUT2D eigenvalue weighted by Crippen LogP contribution is 2.29. The van der Waals surface area contributed by atoms with Gasteiger partial charge < -0.3 is 9.64 Å². The van der Waals surface area contributed by atoms with Crippen LogP contribution >= 0.6 is 0 Å². The number of piperazine rings is 1. The smallest absolute Gasteiger partial charge is 0.230 e. The summed E-state index contributed by atoms with van der Waals surface area (Å²) in [6.07, 6.45) is 0. The average molecular weight is 367 g/mol. The van der Waals surface area contributed by atoms with Crippen LogP contribution in [0.25, 0.3) is 0 Å². The second-order valence-corrected chi connectivity index (χ2v) is 7.58. The summed E-state index contributed by atoms with van der Waals surface area (Å²) in [5, 5.41) is 0. The molecule has 1 unspecified atom stereocenters. The summed E-state index contributed by atoms with van der Waals surface area (Å²) in [6.45, 7) is 8.64. The van der Waals surface area contributed by atoms with Gasteiger partial charge in [0.05, 0.1) is 13.0 Å². The molecule has 0 saturated carbocycles. The van der Waals surface area contributed by atoms with Gasteiger partial charge in [0.1, 0.15) is 5.75 Å². The minimum Gasteiger partial charge on any atom is -0.497 e. The van der Waals surface area contributed by atoms with Crippen LogP contribution in [0.5, 0.6) is 5.75 Å². The van der Waals surface area contributed by atoms with Crippen LogP contribution in [-0.2, 0) is 11.3 Å². The Morgan fingerprint density at radius 2 is 1.59 bits per heavy atom. The maximum absolute atomic E-state index is 13.2. The molecule has 2 aromatic carbocycles. The molecule has 1 aliphatic rings. The molecule has 4 heteroatoms. The van der Waals surface area contributed by atoms with Crippen molar-refractivity contribution in [3.05, 3.63) is 65.7 Å². The fraction of sp³-hybridized carbons (Fsp3) is 0.435. The molecule has 0 aliphatic carbocycles. The largest absolute Gasteiger partial charge is 0.497 e. The minimum absolute atomic E-state index is 0.100. The third kappa shape index (κ3) is 4.89. The Labute approximate surface area is 162 Å². The van der Waals surface area contributed by atoms with Crippen molar-refractivity contribution in [3.8, 4) is 5.75 Å². The average Bonchev–Trinajstić information content (AvgIpc) is 2.70. The zero-order chi connectivity index (χ0) is 19.2. The second kappa shape index (κ2) is 9.05. The van der Waals surface area contributed by atoms with E-state index in [1.165, 1.54) is 5.56 Å². The van der Waals surface area contributed by atoms with Crippen molar-refractivity contribution < 1.29 is 9.53 Å². The zero-order valence-electron chi connectivity index (χ0n) is 16.6. The van der Waals surface area contributed by atoms with Gasteiger partial charge in [-0.25, -0.2) is 0 Å². The fourth-order valence-corrected chi connectivity index (χ4v) is 3.79. The van der Waals surface area contributed by atoms with Crippen molar-refractivity contribution in [1.29, 1.82) is 0 Å². The van der Waals surface area contributed by atoms with E-state index < -0.39 is 0 Å². The Bertz CT molecular complexity index is 720. The lowest BCUT2D eigenvalue weighted by molar-refractivity contribution is -0.135. The van der Waals surface area contributed by atoms with Gasteiger partial charge in [-0.1, -0.05) is 56.3 Å². The van der Waals surface area contributed by atoms with Crippen molar-refractivity contribution in [1.82, 2.24) is 9.80 Å². The van der Waals surface area contributed by atoms with E-state index in [-0.39, 0.29) is 17.7 Å². The van der Waals surface area contributed by atoms with Crippen LogP contribution in [0.15, 0.2) is 54.6 Å². The first-order valence-electron chi connectivity index (χ1n) is 9.77. The monoisotopic (exact) mass is 366 g/mol. The number of benzene rings is 2. The van der Waals surface area contributed by atoms with E-state index in [1.54, 1.807) is 7.11 Å². The molecule has 1 heterocycles. The molecule has 0 bridgehead atoms. The predicted molar refractivity (Wildman–Crippen MR) is 109 cm³/mol. The van der Waals surface area contributed by atoms with Gasteiger partial charge in [0.2, 0.25) is 5.91 Å². The second-order valence-electron chi connectivity index (χ2n) is 7.58. The third-order valence-electron chi connectivity index (χ3n) is 5.34. The number of rotatable bonds is 6. The van der Waals surface area contributed by atoms with Crippen LogP contribution in [-0.4, -0.2) is 49.0 Å². The van der Waals surface area contributed by atoms with Crippen molar-refractivity contribution in [2.75, 3.05) is 33.3 Å². The highest BCUT2D eigenvalue weighted by atomic mass is 16.5. The molecule has 1 amide bonds. The number of ether oxygens (including phenoxy) is 1. The molecule has 0 radical (unpaired) electrons. The zero-order valence-corrected chi connectivity index (χ0v) is 16.6. The third-order valence-corrected chi connectivity index (χ3v) is 5.34. The molecular weight excluding hydrogens is 336 g/mol. The number of hydrogen-bond donors (Lipinski definition) is 0. The number of hydrogen-bond acceptors (Lipinski definition) is 3. The van der Waals surface area contributed by atoms with Gasteiger partial charge in [-0.3, -0.25) is 9.69 Å². The predicted octanol–water partition coefficient (Wildman–Crippen LogP) is 3.78. The van der Waals surface area contributed by atoms with Crippen LogP contribution in [0.2, 0.25) is 0 Å². The summed E-state index contributed by atoms with van der Waals surface area (Å²) in [6, 6.07) is 18.5. The van der Waals surface area contributed by atoms with E-state index in [1.807, 2.05) is 35.2 Å². The summed E-state index contributed by atoms with van der Waals surface area (Å²) >= 11 is 0. The minimum atomic E-state index is -0.100. The summed E-state index contributed by atoms with van der Waals surface area (Å²) < 4.78 is 5.25. The van der Waals surface area contributed by atoms with Crippen molar-refractivity contribution in [2.45, 2.75) is 26.3 Å². The van der Waals surface area contributed by atoms with Crippen LogP contribution < -0.4 is 4.74 Å². The molecule has 1 atom stereocenters. The molecule has 2 aromatic rings. The standard InChI is InChI=1S/C23H30N2O2/c1-18(2)22(20-9-11-21(27-3)12-10-20)23(26)25-15-13-24(14-16-25)17-19-7-5-4-6-8-19/h4-12,18,22H,13-17H2,1-3H3. The first kappa shape index (κ1) is 19.4. The lowest BCUT2D eigenvalue weighted by Gasteiger charge is -2.37. The molecule has 0 spiro atoms. The molecule has 27 heavy (non-hydrogen) atoms. The van der Waals surface area contributed by atoms with E-state index >= 15 is 0 Å². The maximum atomic E-state index is 13.2. The van der Waals surface area contributed by atoms with Crippen LogP contribution in [0.4, 0.5) is 0 Å². The first-order chi connectivity index (χ1) is 13.1. The van der Waals surface area contributed by atoms with Gasteiger partial charge >= 0.3 is 0 Å². The van der Waals surface area contributed by atoms with Crippen molar-refractivity contribution in [3.63, 3.8) is 0 Å². The molecule has 4 nitrogen and oxygen atoms in total. The highest BCUT2D eigenvalue weighted by Gasteiger charge is 2.30. The summed E-state index contributed by atoms with van der Waals surface area (Å²) in [5.74, 6) is 1.22. The van der Waals surface area contributed by atoms with Gasteiger partial charge in [0.25, 0.3) is 0 Å². The fourth-order valence-electron chi connectivity index (χ4n) is 3.79. The number of methoxy groups -OCH3 is 1. The number of amides is 1. The van der Waals surface area contributed by atoms with E-state index in [9.17, 15) is 4.79 Å². The molecule has 144 valence electrons. The Kier molecular flexibility index (Phi) is 6.51.